The molecule has 110 valence electrons. The predicted octanol–water partition coefficient (Wildman–Crippen LogP) is 2.01. The van der Waals surface area contributed by atoms with Crippen molar-refractivity contribution < 1.29 is 14.2 Å². The Kier molecular flexibility index (Phi) is 15.3. The molecule has 18 heavy (non-hydrogen) atoms. The summed E-state index contributed by atoms with van der Waals surface area (Å²) < 4.78 is 15.7. The topological polar surface area (TPSA) is 30.9 Å². The summed E-state index contributed by atoms with van der Waals surface area (Å²) in [6, 6.07) is 0. The first-order valence-corrected chi connectivity index (χ1v) is 7.23. The van der Waals surface area contributed by atoms with E-state index in [-0.39, 0.29) is 0 Å². The number of hydrogen-bond donors (Lipinski definition) is 0. The fourth-order valence-corrected chi connectivity index (χ4v) is 1.64. The second-order valence-electron chi connectivity index (χ2n) is 4.27. The van der Waals surface area contributed by atoms with Crippen LogP contribution >= 0.6 is 11.6 Å². The molecule has 0 unspecified atom stereocenters. The highest BCUT2D eigenvalue weighted by Crippen LogP contribution is 1.98. The van der Waals surface area contributed by atoms with Crippen LogP contribution in [0.1, 0.15) is 19.3 Å². The zero-order valence-electron chi connectivity index (χ0n) is 11.8. The van der Waals surface area contributed by atoms with Gasteiger partial charge in [-0.25, -0.2) is 0 Å². The SMILES string of the molecule is COCCOCCOCCN(C)CCCCCCl. The van der Waals surface area contributed by atoms with Crippen molar-refractivity contribution in [3.05, 3.63) is 0 Å². The van der Waals surface area contributed by atoms with Crippen molar-refractivity contribution in [3.8, 4) is 0 Å². The third-order valence-electron chi connectivity index (χ3n) is 2.59. The summed E-state index contributed by atoms with van der Waals surface area (Å²) in [6.45, 7) is 5.43. The van der Waals surface area contributed by atoms with Crippen LogP contribution in [0.4, 0.5) is 0 Å². The molecule has 5 heteroatoms. The van der Waals surface area contributed by atoms with E-state index in [0.29, 0.717) is 26.4 Å². The summed E-state index contributed by atoms with van der Waals surface area (Å²) in [7, 11) is 3.79. The quantitative estimate of drug-likeness (QED) is 0.360. The molecule has 0 aromatic carbocycles. The van der Waals surface area contributed by atoms with Crippen molar-refractivity contribution in [3.63, 3.8) is 0 Å². The average molecular weight is 282 g/mol. The number of methoxy groups -OCH3 is 1. The van der Waals surface area contributed by atoms with Crippen LogP contribution in [0, 0.1) is 0 Å². The monoisotopic (exact) mass is 281 g/mol. The first kappa shape index (κ1) is 18.1. The highest BCUT2D eigenvalue weighted by Gasteiger charge is 1.98. The van der Waals surface area contributed by atoms with Crippen LogP contribution in [0.3, 0.4) is 0 Å². The molecular formula is C13H28ClNO3. The smallest absolute Gasteiger partial charge is 0.0701 e. The Bertz CT molecular complexity index is 161. The van der Waals surface area contributed by atoms with Gasteiger partial charge in [-0.15, -0.1) is 11.6 Å². The van der Waals surface area contributed by atoms with E-state index in [1.807, 2.05) is 0 Å². The lowest BCUT2D eigenvalue weighted by Gasteiger charge is -2.16. The largest absolute Gasteiger partial charge is 0.382 e. The number of unbranched alkanes of at least 4 members (excludes halogenated alkanes) is 2. The normalized spacial score (nSPS) is 11.3. The van der Waals surface area contributed by atoms with E-state index in [1.54, 1.807) is 7.11 Å². The van der Waals surface area contributed by atoms with Gasteiger partial charge in [-0.05, 0) is 26.4 Å². The molecule has 0 rings (SSSR count). The number of ether oxygens (including phenoxy) is 3. The fraction of sp³-hybridized carbons (Fsp3) is 1.00. The summed E-state index contributed by atoms with van der Waals surface area (Å²) in [6.07, 6.45) is 3.54. The van der Waals surface area contributed by atoms with E-state index in [0.717, 1.165) is 32.0 Å². The Morgan fingerprint density at radius 1 is 0.833 bits per heavy atom. The summed E-state index contributed by atoms with van der Waals surface area (Å²) in [5, 5.41) is 0. The van der Waals surface area contributed by atoms with Crippen LogP contribution < -0.4 is 0 Å². The Hall–Kier alpha value is 0.130. The maximum absolute atomic E-state index is 5.63. The molecule has 0 aromatic heterocycles. The van der Waals surface area contributed by atoms with Crippen LogP contribution in [0.25, 0.3) is 0 Å². The summed E-state index contributed by atoms with van der Waals surface area (Å²) >= 11 is 5.63. The van der Waals surface area contributed by atoms with Gasteiger partial charge in [-0.2, -0.15) is 0 Å². The number of hydrogen-bond acceptors (Lipinski definition) is 4. The number of alkyl halides is 1. The molecule has 0 bridgehead atoms. The van der Waals surface area contributed by atoms with Crippen LogP contribution in [0.2, 0.25) is 0 Å². The van der Waals surface area contributed by atoms with Gasteiger partial charge < -0.3 is 19.1 Å². The first-order chi connectivity index (χ1) is 8.81. The lowest BCUT2D eigenvalue weighted by molar-refractivity contribution is 0.0208. The molecule has 0 atom stereocenters. The van der Waals surface area contributed by atoms with Gasteiger partial charge in [0.2, 0.25) is 0 Å². The van der Waals surface area contributed by atoms with Crippen molar-refractivity contribution in [1.82, 2.24) is 4.90 Å². The van der Waals surface area contributed by atoms with Gasteiger partial charge in [0.1, 0.15) is 0 Å². The molecule has 0 saturated carbocycles. The van der Waals surface area contributed by atoms with E-state index in [1.165, 1.54) is 12.8 Å². The minimum Gasteiger partial charge on any atom is -0.382 e. The molecule has 4 nitrogen and oxygen atoms in total. The summed E-state index contributed by atoms with van der Waals surface area (Å²) in [5.41, 5.74) is 0. The highest BCUT2D eigenvalue weighted by molar-refractivity contribution is 6.17. The van der Waals surface area contributed by atoms with Crippen LogP contribution in [-0.4, -0.2) is 71.1 Å². The van der Waals surface area contributed by atoms with E-state index in [2.05, 4.69) is 11.9 Å². The standard InChI is InChI=1S/C13H28ClNO3/c1-15(7-5-3-4-6-14)8-9-17-12-13-18-11-10-16-2/h3-13H2,1-2H3. The van der Waals surface area contributed by atoms with Gasteiger partial charge in [-0.1, -0.05) is 6.42 Å². The number of nitrogens with zero attached hydrogens (tertiary/aromatic N) is 1. The Morgan fingerprint density at radius 3 is 2.17 bits per heavy atom. The molecule has 0 spiro atoms. The number of rotatable bonds is 14. The number of likely N-dealkylation sites (N-methyl/N-ethyl adjacent to an activating group) is 1. The second kappa shape index (κ2) is 15.2. The molecular weight excluding hydrogens is 254 g/mol. The maximum Gasteiger partial charge on any atom is 0.0701 e. The van der Waals surface area contributed by atoms with Crippen molar-refractivity contribution in [2.24, 2.45) is 0 Å². The lowest BCUT2D eigenvalue weighted by atomic mass is 10.2. The fourth-order valence-electron chi connectivity index (χ4n) is 1.45. The third kappa shape index (κ3) is 14.2. The third-order valence-corrected chi connectivity index (χ3v) is 2.86. The highest BCUT2D eigenvalue weighted by atomic mass is 35.5. The molecule has 0 saturated heterocycles. The number of halogens is 1. The second-order valence-corrected chi connectivity index (χ2v) is 4.65. The van der Waals surface area contributed by atoms with Gasteiger partial charge >= 0.3 is 0 Å². The molecule has 0 aliphatic carbocycles. The van der Waals surface area contributed by atoms with E-state index in [9.17, 15) is 0 Å². The minimum atomic E-state index is 0.639. The van der Waals surface area contributed by atoms with E-state index >= 15 is 0 Å². The van der Waals surface area contributed by atoms with Crippen molar-refractivity contribution in [1.29, 1.82) is 0 Å². The summed E-state index contributed by atoms with van der Waals surface area (Å²) in [5.74, 6) is 0.774. The Labute approximate surface area is 117 Å². The molecule has 0 fully saturated rings. The van der Waals surface area contributed by atoms with E-state index < -0.39 is 0 Å². The van der Waals surface area contributed by atoms with E-state index in [4.69, 9.17) is 25.8 Å². The molecule has 0 aromatic rings. The molecule has 0 N–H and O–H groups in total. The van der Waals surface area contributed by atoms with Crippen molar-refractivity contribution >= 4 is 11.6 Å². The van der Waals surface area contributed by atoms with Gasteiger partial charge in [0.05, 0.1) is 33.0 Å². The molecule has 0 heterocycles. The zero-order chi connectivity index (χ0) is 13.5. The first-order valence-electron chi connectivity index (χ1n) is 6.70. The van der Waals surface area contributed by atoms with Gasteiger partial charge in [-0.3, -0.25) is 0 Å². The van der Waals surface area contributed by atoms with Gasteiger partial charge in [0.25, 0.3) is 0 Å². The molecule has 0 amide bonds. The molecule has 0 radical (unpaired) electrons. The van der Waals surface area contributed by atoms with Crippen LogP contribution in [-0.2, 0) is 14.2 Å². The van der Waals surface area contributed by atoms with Crippen LogP contribution in [0.15, 0.2) is 0 Å². The molecule has 0 aliphatic heterocycles. The van der Waals surface area contributed by atoms with Crippen LogP contribution in [0.5, 0.6) is 0 Å². The van der Waals surface area contributed by atoms with Gasteiger partial charge in [0, 0.05) is 19.5 Å². The predicted molar refractivity (Wildman–Crippen MR) is 75.6 cm³/mol. The molecule has 0 aliphatic rings. The Morgan fingerprint density at radius 2 is 1.50 bits per heavy atom. The summed E-state index contributed by atoms with van der Waals surface area (Å²) in [4.78, 5) is 2.29. The van der Waals surface area contributed by atoms with Crippen molar-refractivity contribution in [2.45, 2.75) is 19.3 Å². The Balaban J connectivity index is 3.08. The van der Waals surface area contributed by atoms with Crippen molar-refractivity contribution in [2.75, 3.05) is 66.2 Å². The maximum atomic E-state index is 5.63. The lowest BCUT2D eigenvalue weighted by Crippen LogP contribution is -2.25. The minimum absolute atomic E-state index is 0.639. The van der Waals surface area contributed by atoms with Gasteiger partial charge in [0.15, 0.2) is 0 Å². The average Bonchev–Trinajstić information content (AvgIpc) is 2.38. The zero-order valence-corrected chi connectivity index (χ0v) is 12.6.